The Balaban J connectivity index is 2.69. The van der Waals surface area contributed by atoms with E-state index in [2.05, 4.69) is 31.2 Å². The largest absolute Gasteiger partial charge is 0.300 e. The molecule has 0 unspecified atom stereocenters. The summed E-state index contributed by atoms with van der Waals surface area (Å²) in [5.74, 6) is 0.244. The van der Waals surface area contributed by atoms with Crippen LogP contribution in [0.3, 0.4) is 0 Å². The Morgan fingerprint density at radius 1 is 1.46 bits per heavy atom. The minimum Gasteiger partial charge on any atom is -0.300 e. The predicted molar refractivity (Wildman–Crippen MR) is 55.5 cm³/mol. The van der Waals surface area contributed by atoms with E-state index in [0.29, 0.717) is 6.42 Å². The second kappa shape index (κ2) is 4.80. The fourth-order valence-electron chi connectivity index (χ4n) is 1.40. The maximum Gasteiger partial charge on any atom is 0.133 e. The fraction of sp³-hybridized carbons (Fsp3) is 0.417. The van der Waals surface area contributed by atoms with Crippen LogP contribution in [0.5, 0.6) is 0 Å². The molecule has 0 saturated carbocycles. The molecule has 0 spiro atoms. The summed E-state index contributed by atoms with van der Waals surface area (Å²) in [6.45, 7) is 3.78. The van der Waals surface area contributed by atoms with Crippen molar-refractivity contribution in [3.8, 4) is 0 Å². The molecular formula is C12H16O. The predicted octanol–water partition coefficient (Wildman–Crippen LogP) is 3.19. The minimum atomic E-state index is 0.244. The van der Waals surface area contributed by atoms with Gasteiger partial charge in [0, 0.05) is 6.42 Å². The van der Waals surface area contributed by atoms with Gasteiger partial charge >= 0.3 is 0 Å². The van der Waals surface area contributed by atoms with E-state index in [9.17, 15) is 4.79 Å². The Morgan fingerprint density at radius 2 is 2.23 bits per heavy atom. The second-order valence-electron chi connectivity index (χ2n) is 3.41. The molecule has 0 aromatic heterocycles. The molecule has 13 heavy (non-hydrogen) atoms. The quantitative estimate of drug-likeness (QED) is 0.645. The SMILES string of the molecule is CCC1=CC=C(CC(C)=O)CC=C1. The molecule has 1 aliphatic rings. The van der Waals surface area contributed by atoms with E-state index in [-0.39, 0.29) is 5.78 Å². The Hall–Kier alpha value is -1.11. The Kier molecular flexibility index (Phi) is 3.69. The fourth-order valence-corrected chi connectivity index (χ4v) is 1.40. The number of allylic oxidation sites excluding steroid dienone is 6. The van der Waals surface area contributed by atoms with Crippen LogP contribution >= 0.6 is 0 Å². The first-order valence-corrected chi connectivity index (χ1v) is 4.77. The topological polar surface area (TPSA) is 17.1 Å². The summed E-state index contributed by atoms with van der Waals surface area (Å²) in [6.07, 6.45) is 11.0. The van der Waals surface area contributed by atoms with Gasteiger partial charge in [0.05, 0.1) is 0 Å². The van der Waals surface area contributed by atoms with E-state index in [1.54, 1.807) is 6.92 Å². The van der Waals surface area contributed by atoms with Crippen molar-refractivity contribution in [2.45, 2.75) is 33.1 Å². The van der Waals surface area contributed by atoms with Crippen molar-refractivity contribution in [3.63, 3.8) is 0 Å². The average molecular weight is 176 g/mol. The first-order valence-electron chi connectivity index (χ1n) is 4.77. The van der Waals surface area contributed by atoms with Crippen molar-refractivity contribution in [1.29, 1.82) is 0 Å². The highest BCUT2D eigenvalue weighted by Crippen LogP contribution is 2.15. The summed E-state index contributed by atoms with van der Waals surface area (Å²) >= 11 is 0. The van der Waals surface area contributed by atoms with Crippen LogP contribution in [0.15, 0.2) is 35.5 Å². The van der Waals surface area contributed by atoms with Gasteiger partial charge in [-0.25, -0.2) is 0 Å². The summed E-state index contributed by atoms with van der Waals surface area (Å²) in [7, 11) is 0. The zero-order chi connectivity index (χ0) is 9.68. The first-order chi connectivity index (χ1) is 6.22. The Labute approximate surface area is 79.8 Å². The van der Waals surface area contributed by atoms with E-state index >= 15 is 0 Å². The third kappa shape index (κ3) is 3.41. The van der Waals surface area contributed by atoms with Crippen molar-refractivity contribution >= 4 is 5.78 Å². The molecule has 0 aromatic carbocycles. The lowest BCUT2D eigenvalue weighted by atomic mass is 10.1. The van der Waals surface area contributed by atoms with Gasteiger partial charge in [-0.15, -0.1) is 0 Å². The summed E-state index contributed by atoms with van der Waals surface area (Å²) < 4.78 is 0. The zero-order valence-electron chi connectivity index (χ0n) is 8.34. The normalized spacial score (nSPS) is 16.2. The lowest BCUT2D eigenvalue weighted by Crippen LogP contribution is -1.92. The maximum absolute atomic E-state index is 10.9. The number of Topliss-reactive ketones (excluding diaryl/α,β-unsaturated/α-hetero) is 1. The van der Waals surface area contributed by atoms with Crippen molar-refractivity contribution in [2.75, 3.05) is 0 Å². The second-order valence-corrected chi connectivity index (χ2v) is 3.41. The van der Waals surface area contributed by atoms with Crippen LogP contribution in [0.4, 0.5) is 0 Å². The van der Waals surface area contributed by atoms with Gasteiger partial charge in [-0.05, 0) is 25.3 Å². The van der Waals surface area contributed by atoms with Crippen molar-refractivity contribution in [2.24, 2.45) is 0 Å². The first kappa shape index (κ1) is 9.97. The van der Waals surface area contributed by atoms with Crippen LogP contribution in [0.1, 0.15) is 33.1 Å². The standard InChI is InChI=1S/C12H16O/c1-3-11-5-4-6-12(8-7-11)9-10(2)13/h4-5,7-8H,3,6,9H2,1-2H3. The molecule has 0 N–H and O–H groups in total. The van der Waals surface area contributed by atoms with Gasteiger partial charge < -0.3 is 0 Å². The van der Waals surface area contributed by atoms with Crippen molar-refractivity contribution in [1.82, 2.24) is 0 Å². The molecule has 0 bridgehead atoms. The van der Waals surface area contributed by atoms with Gasteiger partial charge in [-0.2, -0.15) is 0 Å². The summed E-state index contributed by atoms with van der Waals surface area (Å²) in [6, 6.07) is 0. The molecule has 1 nitrogen and oxygen atoms in total. The van der Waals surface area contributed by atoms with Crippen LogP contribution in [0.2, 0.25) is 0 Å². The van der Waals surface area contributed by atoms with E-state index in [1.165, 1.54) is 11.1 Å². The molecule has 0 radical (unpaired) electrons. The molecule has 1 rings (SSSR count). The highest BCUT2D eigenvalue weighted by Gasteiger charge is 2.01. The van der Waals surface area contributed by atoms with Crippen LogP contribution in [0.25, 0.3) is 0 Å². The monoisotopic (exact) mass is 176 g/mol. The highest BCUT2D eigenvalue weighted by molar-refractivity contribution is 5.78. The number of ketones is 1. The van der Waals surface area contributed by atoms with Crippen molar-refractivity contribution < 1.29 is 4.79 Å². The Bertz CT molecular complexity index is 279. The molecule has 0 fully saturated rings. The summed E-state index contributed by atoms with van der Waals surface area (Å²) in [4.78, 5) is 10.9. The van der Waals surface area contributed by atoms with E-state index in [1.807, 2.05) is 0 Å². The van der Waals surface area contributed by atoms with Gasteiger partial charge in [0.25, 0.3) is 0 Å². The molecule has 0 aromatic rings. The number of carbonyl (C=O) groups is 1. The van der Waals surface area contributed by atoms with Crippen LogP contribution in [-0.4, -0.2) is 5.78 Å². The smallest absolute Gasteiger partial charge is 0.133 e. The summed E-state index contributed by atoms with van der Waals surface area (Å²) in [5.41, 5.74) is 2.55. The molecule has 70 valence electrons. The molecule has 0 amide bonds. The molecular weight excluding hydrogens is 160 g/mol. The van der Waals surface area contributed by atoms with E-state index in [4.69, 9.17) is 0 Å². The average Bonchev–Trinajstić information content (AvgIpc) is 2.29. The van der Waals surface area contributed by atoms with Crippen LogP contribution in [0, 0.1) is 0 Å². The van der Waals surface area contributed by atoms with E-state index < -0.39 is 0 Å². The third-order valence-corrected chi connectivity index (χ3v) is 2.13. The van der Waals surface area contributed by atoms with Crippen LogP contribution in [-0.2, 0) is 4.79 Å². The zero-order valence-corrected chi connectivity index (χ0v) is 8.34. The Morgan fingerprint density at radius 3 is 2.85 bits per heavy atom. The number of hydrogen-bond donors (Lipinski definition) is 0. The van der Waals surface area contributed by atoms with Gasteiger partial charge in [-0.1, -0.05) is 36.8 Å². The molecule has 0 atom stereocenters. The molecule has 1 aliphatic carbocycles. The van der Waals surface area contributed by atoms with Crippen LogP contribution < -0.4 is 0 Å². The number of carbonyl (C=O) groups excluding carboxylic acids is 1. The third-order valence-electron chi connectivity index (χ3n) is 2.13. The van der Waals surface area contributed by atoms with Gasteiger partial charge in [0.2, 0.25) is 0 Å². The molecule has 0 saturated heterocycles. The number of hydrogen-bond acceptors (Lipinski definition) is 1. The molecule has 0 aliphatic heterocycles. The van der Waals surface area contributed by atoms with Crippen molar-refractivity contribution in [3.05, 3.63) is 35.5 Å². The molecule has 1 heteroatoms. The van der Waals surface area contributed by atoms with E-state index in [0.717, 1.165) is 12.8 Å². The van der Waals surface area contributed by atoms with Gasteiger partial charge in [0.15, 0.2) is 0 Å². The highest BCUT2D eigenvalue weighted by atomic mass is 16.1. The summed E-state index contributed by atoms with van der Waals surface area (Å²) in [5, 5.41) is 0. The van der Waals surface area contributed by atoms with Gasteiger partial charge in [-0.3, -0.25) is 4.79 Å². The lowest BCUT2D eigenvalue weighted by Gasteiger charge is -1.97. The molecule has 0 heterocycles. The number of rotatable bonds is 3. The minimum absolute atomic E-state index is 0.244. The maximum atomic E-state index is 10.9. The van der Waals surface area contributed by atoms with Gasteiger partial charge in [0.1, 0.15) is 5.78 Å². The lowest BCUT2D eigenvalue weighted by molar-refractivity contribution is -0.116.